The Morgan fingerprint density at radius 2 is 2.15 bits per heavy atom. The van der Waals surface area contributed by atoms with Gasteiger partial charge in [-0.05, 0) is 36.7 Å². The van der Waals surface area contributed by atoms with Crippen LogP contribution in [0.2, 0.25) is 0 Å². The van der Waals surface area contributed by atoms with Crippen LogP contribution in [0.25, 0.3) is 10.9 Å². The molecule has 0 radical (unpaired) electrons. The molecule has 7 heteroatoms. The van der Waals surface area contributed by atoms with Gasteiger partial charge in [0.2, 0.25) is 0 Å². The van der Waals surface area contributed by atoms with Crippen LogP contribution < -0.4 is 10.0 Å². The highest BCUT2D eigenvalue weighted by molar-refractivity contribution is 7.90. The molecule has 3 rings (SSSR count). The lowest BCUT2D eigenvalue weighted by Crippen LogP contribution is -2.30. The lowest BCUT2D eigenvalue weighted by atomic mass is 10.1. The molecule has 108 valence electrons. The molecule has 1 aromatic carbocycles. The number of aromatic amines is 1. The predicted molar refractivity (Wildman–Crippen MR) is 80.0 cm³/mol. The standard InChI is InChI=1S/C13H18N4O2S/c1-16-6-7-17(20(16,18)19)11-2-3-13-12(8-11)10(4-5-14)9-15-13/h2-3,8-9,15H,4-7,14H2,1H3. The zero-order chi connectivity index (χ0) is 14.3. The maximum Gasteiger partial charge on any atom is 0.303 e. The van der Waals surface area contributed by atoms with Gasteiger partial charge in [-0.3, -0.25) is 4.31 Å². The molecule has 1 fully saturated rings. The number of nitrogens with two attached hydrogens (primary N) is 1. The molecule has 1 aliphatic heterocycles. The van der Waals surface area contributed by atoms with Gasteiger partial charge in [-0.1, -0.05) is 0 Å². The van der Waals surface area contributed by atoms with E-state index in [-0.39, 0.29) is 0 Å². The summed E-state index contributed by atoms with van der Waals surface area (Å²) in [4.78, 5) is 3.19. The van der Waals surface area contributed by atoms with Crippen LogP contribution in [-0.2, 0) is 16.6 Å². The van der Waals surface area contributed by atoms with Crippen molar-refractivity contribution in [2.24, 2.45) is 5.73 Å². The zero-order valence-electron chi connectivity index (χ0n) is 11.3. The van der Waals surface area contributed by atoms with Gasteiger partial charge in [0.25, 0.3) is 0 Å². The van der Waals surface area contributed by atoms with Crippen molar-refractivity contribution in [3.63, 3.8) is 0 Å². The quantitative estimate of drug-likeness (QED) is 0.872. The molecular weight excluding hydrogens is 276 g/mol. The third-order valence-electron chi connectivity index (χ3n) is 3.74. The summed E-state index contributed by atoms with van der Waals surface area (Å²) in [6.45, 7) is 1.58. The fourth-order valence-corrected chi connectivity index (χ4v) is 3.92. The van der Waals surface area contributed by atoms with Gasteiger partial charge in [0.05, 0.1) is 5.69 Å². The average Bonchev–Trinajstić information content (AvgIpc) is 2.93. The van der Waals surface area contributed by atoms with Crippen molar-refractivity contribution in [2.75, 3.05) is 31.0 Å². The topological polar surface area (TPSA) is 82.4 Å². The molecule has 0 atom stereocenters. The number of rotatable bonds is 3. The SMILES string of the molecule is CN1CCN(c2ccc3[nH]cc(CCN)c3c2)S1(=O)=O. The number of H-pyrrole nitrogens is 1. The molecule has 1 saturated heterocycles. The molecule has 1 aliphatic rings. The smallest absolute Gasteiger partial charge is 0.303 e. The van der Waals surface area contributed by atoms with Gasteiger partial charge in [0.1, 0.15) is 0 Å². The lowest BCUT2D eigenvalue weighted by molar-refractivity contribution is 0.511. The molecule has 0 aliphatic carbocycles. The molecule has 6 nitrogen and oxygen atoms in total. The van der Waals surface area contributed by atoms with E-state index in [4.69, 9.17) is 5.73 Å². The van der Waals surface area contributed by atoms with Crippen molar-refractivity contribution in [3.05, 3.63) is 30.0 Å². The summed E-state index contributed by atoms with van der Waals surface area (Å²) in [7, 11) is -1.76. The summed E-state index contributed by atoms with van der Waals surface area (Å²) < 4.78 is 27.2. The van der Waals surface area contributed by atoms with Crippen molar-refractivity contribution in [1.29, 1.82) is 0 Å². The molecule has 0 spiro atoms. The van der Waals surface area contributed by atoms with E-state index >= 15 is 0 Å². The number of aromatic nitrogens is 1. The average molecular weight is 294 g/mol. The van der Waals surface area contributed by atoms with Crippen LogP contribution in [0.15, 0.2) is 24.4 Å². The highest BCUT2D eigenvalue weighted by Crippen LogP contribution is 2.29. The molecule has 0 unspecified atom stereocenters. The number of benzene rings is 1. The Balaban J connectivity index is 2.07. The molecule has 20 heavy (non-hydrogen) atoms. The van der Waals surface area contributed by atoms with Crippen molar-refractivity contribution >= 4 is 26.8 Å². The maximum atomic E-state index is 12.2. The summed E-state index contributed by atoms with van der Waals surface area (Å²) in [5, 5.41) is 1.04. The number of nitrogens with zero attached hydrogens (tertiary/aromatic N) is 2. The van der Waals surface area contributed by atoms with Crippen LogP contribution in [0.5, 0.6) is 0 Å². The minimum absolute atomic E-state index is 0.487. The Bertz CT molecular complexity index is 738. The summed E-state index contributed by atoms with van der Waals surface area (Å²) in [6, 6.07) is 5.67. The van der Waals surface area contributed by atoms with Crippen LogP contribution in [0, 0.1) is 0 Å². The van der Waals surface area contributed by atoms with Crippen molar-refractivity contribution < 1.29 is 8.42 Å². The number of anilines is 1. The summed E-state index contributed by atoms with van der Waals surface area (Å²) in [5.74, 6) is 0. The highest BCUT2D eigenvalue weighted by Gasteiger charge is 2.33. The zero-order valence-corrected chi connectivity index (χ0v) is 12.2. The van der Waals surface area contributed by atoms with Gasteiger partial charge in [0.15, 0.2) is 0 Å². The fourth-order valence-electron chi connectivity index (χ4n) is 2.58. The fraction of sp³-hybridized carbons (Fsp3) is 0.385. The Hall–Kier alpha value is -1.57. The molecular formula is C13H18N4O2S. The van der Waals surface area contributed by atoms with Crippen LogP contribution in [0.4, 0.5) is 5.69 Å². The Morgan fingerprint density at radius 3 is 2.80 bits per heavy atom. The Kier molecular flexibility index (Phi) is 3.19. The lowest BCUT2D eigenvalue weighted by Gasteiger charge is -2.18. The van der Waals surface area contributed by atoms with Crippen LogP contribution in [0.3, 0.4) is 0 Å². The van der Waals surface area contributed by atoms with Crippen molar-refractivity contribution in [2.45, 2.75) is 6.42 Å². The normalized spacial score (nSPS) is 19.0. The molecule has 2 aromatic rings. The third kappa shape index (κ3) is 1.98. The number of hydrogen-bond donors (Lipinski definition) is 2. The van der Waals surface area contributed by atoms with E-state index in [2.05, 4.69) is 4.98 Å². The van der Waals surface area contributed by atoms with E-state index in [1.807, 2.05) is 24.4 Å². The second-order valence-corrected chi connectivity index (χ2v) is 6.94. The monoisotopic (exact) mass is 294 g/mol. The largest absolute Gasteiger partial charge is 0.361 e. The van der Waals surface area contributed by atoms with Crippen LogP contribution >= 0.6 is 0 Å². The number of fused-ring (bicyclic) bond motifs is 1. The predicted octanol–water partition coefficient (Wildman–Crippen LogP) is 0.666. The van der Waals surface area contributed by atoms with E-state index in [1.165, 1.54) is 8.61 Å². The highest BCUT2D eigenvalue weighted by atomic mass is 32.2. The summed E-state index contributed by atoms with van der Waals surface area (Å²) in [6.07, 6.45) is 2.71. The molecule has 1 aromatic heterocycles. The first-order chi connectivity index (χ1) is 9.54. The Labute approximate surface area is 118 Å². The first kappa shape index (κ1) is 13.4. The van der Waals surface area contributed by atoms with Crippen LogP contribution in [0.1, 0.15) is 5.56 Å². The van der Waals surface area contributed by atoms with Crippen LogP contribution in [-0.4, -0.2) is 44.4 Å². The van der Waals surface area contributed by atoms with E-state index in [1.54, 1.807) is 7.05 Å². The van der Waals surface area contributed by atoms with Gasteiger partial charge in [0, 0.05) is 37.2 Å². The second kappa shape index (κ2) is 4.76. The Morgan fingerprint density at radius 1 is 1.35 bits per heavy atom. The first-order valence-electron chi connectivity index (χ1n) is 6.58. The number of likely N-dealkylation sites (N-methyl/N-ethyl adjacent to an activating group) is 1. The molecule has 3 N–H and O–H groups in total. The second-order valence-electron chi connectivity index (χ2n) is 4.98. The molecule has 0 saturated carbocycles. The molecule has 0 amide bonds. The van der Waals surface area contributed by atoms with Gasteiger partial charge >= 0.3 is 10.2 Å². The maximum absolute atomic E-state index is 12.2. The van der Waals surface area contributed by atoms with Gasteiger partial charge in [-0.2, -0.15) is 12.7 Å². The van der Waals surface area contributed by atoms with Gasteiger partial charge in [-0.15, -0.1) is 0 Å². The first-order valence-corrected chi connectivity index (χ1v) is 7.98. The molecule has 2 heterocycles. The van der Waals surface area contributed by atoms with Crippen molar-refractivity contribution in [1.82, 2.24) is 9.29 Å². The van der Waals surface area contributed by atoms with E-state index in [0.717, 1.165) is 22.9 Å². The van der Waals surface area contributed by atoms with Gasteiger partial charge < -0.3 is 10.7 Å². The number of hydrogen-bond acceptors (Lipinski definition) is 3. The van der Waals surface area contributed by atoms with E-state index in [0.29, 0.717) is 25.3 Å². The van der Waals surface area contributed by atoms with E-state index in [9.17, 15) is 8.42 Å². The minimum atomic E-state index is -3.36. The van der Waals surface area contributed by atoms with Gasteiger partial charge in [-0.25, -0.2) is 0 Å². The summed E-state index contributed by atoms with van der Waals surface area (Å²) >= 11 is 0. The minimum Gasteiger partial charge on any atom is -0.361 e. The summed E-state index contributed by atoms with van der Waals surface area (Å²) in [5.41, 5.74) is 8.44. The van der Waals surface area contributed by atoms with E-state index < -0.39 is 10.2 Å². The third-order valence-corrected chi connectivity index (χ3v) is 5.66. The number of nitrogens with one attached hydrogen (secondary N) is 1. The molecule has 0 bridgehead atoms. The van der Waals surface area contributed by atoms with Crippen molar-refractivity contribution in [3.8, 4) is 0 Å².